The summed E-state index contributed by atoms with van der Waals surface area (Å²) in [6.45, 7) is 4.92. The van der Waals surface area contributed by atoms with E-state index in [1.54, 1.807) is 6.20 Å². The van der Waals surface area contributed by atoms with E-state index in [0.717, 1.165) is 21.6 Å². The number of aromatic nitrogens is 1. The van der Waals surface area contributed by atoms with Crippen molar-refractivity contribution in [3.63, 3.8) is 0 Å². The molecule has 0 bridgehead atoms. The van der Waals surface area contributed by atoms with Gasteiger partial charge < -0.3 is 10.1 Å². The largest absolute Gasteiger partial charge is 0.370 e. The van der Waals surface area contributed by atoms with Crippen molar-refractivity contribution in [1.82, 2.24) is 4.98 Å². The van der Waals surface area contributed by atoms with Crippen LogP contribution in [0.2, 0.25) is 0 Å². The molecule has 1 N–H and O–H groups in total. The highest BCUT2D eigenvalue weighted by Gasteiger charge is 2.10. The number of fused-ring (bicyclic) bond motifs is 1. The lowest BCUT2D eigenvalue weighted by molar-refractivity contribution is 0.147. The van der Waals surface area contributed by atoms with Crippen LogP contribution >= 0.6 is 15.9 Å². The second-order valence-corrected chi connectivity index (χ2v) is 3.80. The first-order chi connectivity index (χ1) is 6.25. The van der Waals surface area contributed by atoms with Crippen LogP contribution < -0.4 is 5.32 Å². The molecular formula is C9H9BrN2O. The molecular weight excluding hydrogens is 232 g/mol. The van der Waals surface area contributed by atoms with Gasteiger partial charge in [0.2, 0.25) is 0 Å². The van der Waals surface area contributed by atoms with E-state index >= 15 is 0 Å². The van der Waals surface area contributed by atoms with Crippen molar-refractivity contribution in [2.24, 2.45) is 0 Å². The van der Waals surface area contributed by atoms with Crippen molar-refractivity contribution in [3.05, 3.63) is 34.6 Å². The lowest BCUT2D eigenvalue weighted by Crippen LogP contribution is -2.02. The molecule has 0 fully saturated rings. The lowest BCUT2D eigenvalue weighted by Gasteiger charge is -2.05. The normalized spacial score (nSPS) is 15.9. The van der Waals surface area contributed by atoms with Crippen molar-refractivity contribution in [2.45, 2.75) is 6.61 Å². The Bertz CT molecular complexity index is 351. The molecule has 13 heavy (non-hydrogen) atoms. The zero-order valence-corrected chi connectivity index (χ0v) is 8.60. The molecule has 68 valence electrons. The minimum atomic E-state index is 0.536. The summed E-state index contributed by atoms with van der Waals surface area (Å²) in [4.78, 5) is 4.23. The van der Waals surface area contributed by atoms with E-state index in [-0.39, 0.29) is 0 Å². The SMILES string of the molecule is C=C1COCc2cc(Br)cnc2N1. The fourth-order valence-corrected chi connectivity index (χ4v) is 1.57. The van der Waals surface area contributed by atoms with Gasteiger partial charge in [0.25, 0.3) is 0 Å². The van der Waals surface area contributed by atoms with E-state index in [0.29, 0.717) is 13.2 Å². The highest BCUT2D eigenvalue weighted by Crippen LogP contribution is 2.22. The summed E-state index contributed by atoms with van der Waals surface area (Å²) in [6.07, 6.45) is 1.75. The molecule has 0 spiro atoms. The summed E-state index contributed by atoms with van der Waals surface area (Å²) in [6, 6.07) is 1.99. The zero-order chi connectivity index (χ0) is 9.26. The maximum absolute atomic E-state index is 5.37. The first-order valence-corrected chi connectivity index (χ1v) is 4.72. The van der Waals surface area contributed by atoms with Crippen LogP contribution in [0.4, 0.5) is 5.82 Å². The fourth-order valence-electron chi connectivity index (χ4n) is 1.19. The molecule has 0 saturated carbocycles. The third-order valence-electron chi connectivity index (χ3n) is 1.76. The van der Waals surface area contributed by atoms with Gasteiger partial charge in [-0.05, 0) is 22.0 Å². The Morgan fingerprint density at radius 3 is 3.23 bits per heavy atom. The number of ether oxygens (including phenoxy) is 1. The summed E-state index contributed by atoms with van der Waals surface area (Å²) < 4.78 is 6.33. The number of halogens is 1. The van der Waals surface area contributed by atoms with E-state index in [4.69, 9.17) is 4.74 Å². The molecule has 4 heteroatoms. The molecule has 0 atom stereocenters. The molecule has 2 rings (SSSR count). The van der Waals surface area contributed by atoms with Crippen LogP contribution in [0.5, 0.6) is 0 Å². The Morgan fingerprint density at radius 2 is 2.38 bits per heavy atom. The molecule has 0 amide bonds. The fraction of sp³-hybridized carbons (Fsp3) is 0.222. The average Bonchev–Trinajstić information content (AvgIpc) is 2.25. The third-order valence-corrected chi connectivity index (χ3v) is 2.20. The van der Waals surface area contributed by atoms with E-state index in [1.807, 2.05) is 6.07 Å². The lowest BCUT2D eigenvalue weighted by atomic mass is 10.3. The van der Waals surface area contributed by atoms with E-state index in [2.05, 4.69) is 32.8 Å². The molecule has 2 heterocycles. The second-order valence-electron chi connectivity index (χ2n) is 2.88. The van der Waals surface area contributed by atoms with Crippen LogP contribution in [0, 0.1) is 0 Å². The van der Waals surface area contributed by atoms with Gasteiger partial charge in [0.05, 0.1) is 13.2 Å². The molecule has 1 aromatic heterocycles. The van der Waals surface area contributed by atoms with Crippen molar-refractivity contribution >= 4 is 21.7 Å². The van der Waals surface area contributed by atoms with Gasteiger partial charge in [0, 0.05) is 21.9 Å². The van der Waals surface area contributed by atoms with Crippen LogP contribution in [0.3, 0.4) is 0 Å². The Hall–Kier alpha value is -0.870. The standard InChI is InChI=1S/C9H9BrN2O/c1-6-4-13-5-7-2-8(10)3-11-9(7)12-6/h2-3H,1,4-5H2,(H,11,12). The van der Waals surface area contributed by atoms with Gasteiger partial charge in [-0.1, -0.05) is 6.58 Å². The molecule has 0 aliphatic carbocycles. The maximum atomic E-state index is 5.37. The Labute approximate surface area is 84.9 Å². The highest BCUT2D eigenvalue weighted by molar-refractivity contribution is 9.10. The van der Waals surface area contributed by atoms with Gasteiger partial charge in [-0.2, -0.15) is 0 Å². The highest BCUT2D eigenvalue weighted by atomic mass is 79.9. The Kier molecular flexibility index (Phi) is 2.33. The van der Waals surface area contributed by atoms with Crippen LogP contribution in [0.15, 0.2) is 29.0 Å². The predicted molar refractivity (Wildman–Crippen MR) is 54.4 cm³/mol. The monoisotopic (exact) mass is 240 g/mol. The second kappa shape index (κ2) is 3.47. The summed E-state index contributed by atoms with van der Waals surface area (Å²) in [5.41, 5.74) is 1.89. The molecule has 0 radical (unpaired) electrons. The minimum Gasteiger partial charge on any atom is -0.370 e. The molecule has 0 saturated heterocycles. The zero-order valence-electron chi connectivity index (χ0n) is 7.01. The molecule has 0 aromatic carbocycles. The first-order valence-electron chi connectivity index (χ1n) is 3.92. The van der Waals surface area contributed by atoms with Gasteiger partial charge in [-0.3, -0.25) is 0 Å². The molecule has 1 aliphatic rings. The smallest absolute Gasteiger partial charge is 0.135 e. The van der Waals surface area contributed by atoms with Crippen molar-refractivity contribution in [2.75, 3.05) is 11.9 Å². The Balaban J connectivity index is 2.40. The summed E-state index contributed by atoms with van der Waals surface area (Å²) in [5.74, 6) is 0.839. The van der Waals surface area contributed by atoms with Crippen molar-refractivity contribution in [3.8, 4) is 0 Å². The first kappa shape index (κ1) is 8.72. The van der Waals surface area contributed by atoms with Crippen LogP contribution in [-0.4, -0.2) is 11.6 Å². The number of nitrogens with zero attached hydrogens (tertiary/aromatic N) is 1. The van der Waals surface area contributed by atoms with Gasteiger partial charge in [0.15, 0.2) is 0 Å². The third kappa shape index (κ3) is 1.89. The summed E-state index contributed by atoms with van der Waals surface area (Å²) >= 11 is 3.36. The van der Waals surface area contributed by atoms with Crippen LogP contribution in [0.25, 0.3) is 0 Å². The van der Waals surface area contributed by atoms with Gasteiger partial charge in [-0.15, -0.1) is 0 Å². The number of pyridine rings is 1. The Morgan fingerprint density at radius 1 is 1.54 bits per heavy atom. The maximum Gasteiger partial charge on any atom is 0.135 e. The molecule has 1 aromatic rings. The van der Waals surface area contributed by atoms with Gasteiger partial charge >= 0.3 is 0 Å². The summed E-state index contributed by atoms with van der Waals surface area (Å²) in [7, 11) is 0. The van der Waals surface area contributed by atoms with E-state index in [9.17, 15) is 0 Å². The average molecular weight is 241 g/mol. The predicted octanol–water partition coefficient (Wildman–Crippen LogP) is 2.30. The van der Waals surface area contributed by atoms with E-state index < -0.39 is 0 Å². The number of hydrogen-bond acceptors (Lipinski definition) is 3. The number of rotatable bonds is 0. The van der Waals surface area contributed by atoms with Crippen LogP contribution in [-0.2, 0) is 11.3 Å². The molecule has 1 aliphatic heterocycles. The van der Waals surface area contributed by atoms with E-state index in [1.165, 1.54) is 0 Å². The topological polar surface area (TPSA) is 34.1 Å². The van der Waals surface area contributed by atoms with Crippen molar-refractivity contribution in [1.29, 1.82) is 0 Å². The molecule has 0 unspecified atom stereocenters. The van der Waals surface area contributed by atoms with Gasteiger partial charge in [-0.25, -0.2) is 4.98 Å². The van der Waals surface area contributed by atoms with Crippen LogP contribution in [0.1, 0.15) is 5.56 Å². The number of hydrogen-bond donors (Lipinski definition) is 1. The number of nitrogens with one attached hydrogen (secondary N) is 1. The van der Waals surface area contributed by atoms with Gasteiger partial charge in [0.1, 0.15) is 5.82 Å². The minimum absolute atomic E-state index is 0.536. The van der Waals surface area contributed by atoms with Crippen molar-refractivity contribution < 1.29 is 4.74 Å². The number of anilines is 1. The summed E-state index contributed by atoms with van der Waals surface area (Å²) in [5, 5.41) is 3.10. The quantitative estimate of drug-likeness (QED) is 0.756. The molecule has 3 nitrogen and oxygen atoms in total.